The Bertz CT molecular complexity index is 831. The number of carbonyl (C=O) groups is 1. The predicted octanol–water partition coefficient (Wildman–Crippen LogP) is 3.87. The van der Waals surface area contributed by atoms with Gasteiger partial charge in [-0.05, 0) is 61.1 Å². The SMILES string of the molecule is COc1ccc([C@H]2CN(Cc3ccc(N)cc3)C(=O)N2)cc1OC1CCCC1. The maximum Gasteiger partial charge on any atom is 0.318 e. The van der Waals surface area contributed by atoms with Gasteiger partial charge in [0, 0.05) is 18.8 Å². The van der Waals surface area contributed by atoms with E-state index in [0.717, 1.165) is 41.2 Å². The first-order valence-corrected chi connectivity index (χ1v) is 9.87. The van der Waals surface area contributed by atoms with Gasteiger partial charge in [-0.25, -0.2) is 4.79 Å². The Kier molecular flexibility index (Phi) is 5.28. The van der Waals surface area contributed by atoms with Crippen LogP contribution in [-0.4, -0.2) is 30.7 Å². The number of amides is 2. The summed E-state index contributed by atoms with van der Waals surface area (Å²) >= 11 is 0. The molecule has 2 fully saturated rings. The number of hydrogen-bond donors (Lipinski definition) is 2. The van der Waals surface area contributed by atoms with Crippen LogP contribution < -0.4 is 20.5 Å². The topological polar surface area (TPSA) is 76.8 Å². The number of hydrogen-bond acceptors (Lipinski definition) is 4. The van der Waals surface area contributed by atoms with Crippen LogP contribution in [-0.2, 0) is 6.54 Å². The summed E-state index contributed by atoms with van der Waals surface area (Å²) in [5.41, 5.74) is 8.55. The van der Waals surface area contributed by atoms with Crippen molar-refractivity contribution in [3.8, 4) is 11.5 Å². The second-order valence-corrected chi connectivity index (χ2v) is 7.56. The first-order valence-electron chi connectivity index (χ1n) is 9.87. The molecule has 6 heteroatoms. The van der Waals surface area contributed by atoms with E-state index in [-0.39, 0.29) is 18.2 Å². The molecule has 0 spiro atoms. The van der Waals surface area contributed by atoms with Gasteiger partial charge in [-0.3, -0.25) is 0 Å². The Hall–Kier alpha value is -2.89. The van der Waals surface area contributed by atoms with Crippen LogP contribution in [0.25, 0.3) is 0 Å². The van der Waals surface area contributed by atoms with Crippen molar-refractivity contribution in [2.24, 2.45) is 0 Å². The van der Waals surface area contributed by atoms with Gasteiger partial charge in [-0.15, -0.1) is 0 Å². The molecule has 1 aliphatic heterocycles. The average Bonchev–Trinajstić information content (AvgIpc) is 3.34. The van der Waals surface area contributed by atoms with Gasteiger partial charge in [0.1, 0.15) is 0 Å². The Balaban J connectivity index is 1.47. The number of nitrogen functional groups attached to an aromatic ring is 1. The summed E-state index contributed by atoms with van der Waals surface area (Å²) < 4.78 is 11.7. The molecule has 1 saturated carbocycles. The fourth-order valence-corrected chi connectivity index (χ4v) is 3.95. The quantitative estimate of drug-likeness (QED) is 0.745. The molecule has 2 amide bonds. The lowest BCUT2D eigenvalue weighted by Crippen LogP contribution is -2.27. The lowest BCUT2D eigenvalue weighted by molar-refractivity contribution is 0.200. The molecule has 1 heterocycles. The maximum atomic E-state index is 12.5. The molecule has 4 rings (SSSR count). The fourth-order valence-electron chi connectivity index (χ4n) is 3.95. The zero-order valence-corrected chi connectivity index (χ0v) is 16.2. The van der Waals surface area contributed by atoms with Crippen LogP contribution in [0.3, 0.4) is 0 Å². The number of nitrogens with zero attached hydrogens (tertiary/aromatic N) is 1. The molecule has 0 bridgehead atoms. The van der Waals surface area contributed by atoms with Crippen molar-refractivity contribution >= 4 is 11.7 Å². The minimum Gasteiger partial charge on any atom is -0.493 e. The van der Waals surface area contributed by atoms with Gasteiger partial charge in [0.25, 0.3) is 0 Å². The number of ether oxygens (including phenoxy) is 2. The summed E-state index contributed by atoms with van der Waals surface area (Å²) in [6.45, 7) is 1.17. The molecule has 2 aromatic carbocycles. The van der Waals surface area contributed by atoms with Crippen LogP contribution in [0.15, 0.2) is 42.5 Å². The van der Waals surface area contributed by atoms with E-state index in [0.29, 0.717) is 13.1 Å². The fraction of sp³-hybridized carbons (Fsp3) is 0.409. The number of urea groups is 1. The number of nitrogens with two attached hydrogens (primary N) is 1. The van der Waals surface area contributed by atoms with Crippen LogP contribution in [0.4, 0.5) is 10.5 Å². The van der Waals surface area contributed by atoms with Crippen molar-refractivity contribution in [2.75, 3.05) is 19.4 Å². The Morgan fingerprint density at radius 1 is 1.11 bits per heavy atom. The third-order valence-electron chi connectivity index (χ3n) is 5.53. The summed E-state index contributed by atoms with van der Waals surface area (Å²) in [4.78, 5) is 14.3. The molecule has 2 aromatic rings. The molecule has 0 unspecified atom stereocenters. The average molecular weight is 381 g/mol. The highest BCUT2D eigenvalue weighted by atomic mass is 16.5. The number of rotatable bonds is 6. The van der Waals surface area contributed by atoms with Crippen molar-refractivity contribution in [2.45, 2.75) is 44.4 Å². The van der Waals surface area contributed by atoms with E-state index >= 15 is 0 Å². The molecule has 0 radical (unpaired) electrons. The maximum absolute atomic E-state index is 12.5. The zero-order valence-electron chi connectivity index (χ0n) is 16.2. The van der Waals surface area contributed by atoms with E-state index in [1.54, 1.807) is 7.11 Å². The minimum atomic E-state index is -0.0712. The number of methoxy groups -OCH3 is 1. The second kappa shape index (κ2) is 8.00. The van der Waals surface area contributed by atoms with Crippen molar-refractivity contribution in [1.82, 2.24) is 10.2 Å². The van der Waals surface area contributed by atoms with Gasteiger partial charge >= 0.3 is 6.03 Å². The van der Waals surface area contributed by atoms with Gasteiger partial charge in [0.05, 0.1) is 19.3 Å². The van der Waals surface area contributed by atoms with Gasteiger partial charge in [0.15, 0.2) is 11.5 Å². The largest absolute Gasteiger partial charge is 0.493 e. The molecule has 2 aliphatic rings. The second-order valence-electron chi connectivity index (χ2n) is 7.56. The number of anilines is 1. The third kappa shape index (κ3) is 4.01. The van der Waals surface area contributed by atoms with Crippen LogP contribution in [0, 0.1) is 0 Å². The lowest BCUT2D eigenvalue weighted by Gasteiger charge is -2.19. The highest BCUT2D eigenvalue weighted by Crippen LogP contribution is 2.35. The highest BCUT2D eigenvalue weighted by Gasteiger charge is 2.30. The normalized spacial score (nSPS) is 19.7. The molecule has 1 aliphatic carbocycles. The van der Waals surface area contributed by atoms with E-state index in [9.17, 15) is 4.79 Å². The molecule has 28 heavy (non-hydrogen) atoms. The molecular weight excluding hydrogens is 354 g/mol. The predicted molar refractivity (Wildman–Crippen MR) is 108 cm³/mol. The molecule has 6 nitrogen and oxygen atoms in total. The molecule has 0 aromatic heterocycles. The van der Waals surface area contributed by atoms with Crippen LogP contribution in [0.5, 0.6) is 11.5 Å². The molecule has 148 valence electrons. The first kappa shape index (κ1) is 18.5. The van der Waals surface area contributed by atoms with E-state index in [2.05, 4.69) is 5.32 Å². The van der Waals surface area contributed by atoms with Crippen molar-refractivity contribution < 1.29 is 14.3 Å². The standard InChI is InChI=1S/C22H27N3O3/c1-27-20-11-8-16(12-21(20)28-18-4-2-3-5-18)19-14-25(22(26)24-19)13-15-6-9-17(23)10-7-15/h6-12,18-19H,2-5,13-14,23H2,1H3,(H,24,26)/t19-/m1/s1. The van der Waals surface area contributed by atoms with Gasteiger partial charge < -0.3 is 25.4 Å². The monoisotopic (exact) mass is 381 g/mol. The Morgan fingerprint density at radius 2 is 1.86 bits per heavy atom. The van der Waals surface area contributed by atoms with Gasteiger partial charge in [-0.2, -0.15) is 0 Å². The van der Waals surface area contributed by atoms with E-state index in [1.807, 2.05) is 47.4 Å². The molecule has 1 saturated heterocycles. The van der Waals surface area contributed by atoms with E-state index in [1.165, 1.54) is 12.8 Å². The minimum absolute atomic E-state index is 0.0593. The third-order valence-corrected chi connectivity index (χ3v) is 5.53. The zero-order chi connectivity index (χ0) is 19.5. The summed E-state index contributed by atoms with van der Waals surface area (Å²) in [6.07, 6.45) is 4.85. The Morgan fingerprint density at radius 3 is 2.57 bits per heavy atom. The van der Waals surface area contributed by atoms with Crippen LogP contribution >= 0.6 is 0 Å². The van der Waals surface area contributed by atoms with Crippen LogP contribution in [0.1, 0.15) is 42.9 Å². The molecule has 3 N–H and O–H groups in total. The summed E-state index contributed by atoms with van der Waals surface area (Å²) in [6, 6.07) is 13.4. The summed E-state index contributed by atoms with van der Waals surface area (Å²) in [7, 11) is 1.65. The Labute approximate surface area is 165 Å². The first-order chi connectivity index (χ1) is 13.6. The lowest BCUT2D eigenvalue weighted by atomic mass is 10.1. The van der Waals surface area contributed by atoms with E-state index in [4.69, 9.17) is 15.2 Å². The van der Waals surface area contributed by atoms with E-state index < -0.39 is 0 Å². The van der Waals surface area contributed by atoms with Crippen LogP contribution in [0.2, 0.25) is 0 Å². The molecule has 1 atom stereocenters. The summed E-state index contributed by atoms with van der Waals surface area (Å²) in [5.74, 6) is 1.50. The van der Waals surface area contributed by atoms with Gasteiger partial charge in [0.2, 0.25) is 0 Å². The number of carbonyl (C=O) groups excluding carboxylic acids is 1. The van der Waals surface area contributed by atoms with Crippen molar-refractivity contribution in [1.29, 1.82) is 0 Å². The number of benzene rings is 2. The summed E-state index contributed by atoms with van der Waals surface area (Å²) in [5, 5.41) is 3.08. The van der Waals surface area contributed by atoms with Gasteiger partial charge in [-0.1, -0.05) is 18.2 Å². The molecular formula is C22H27N3O3. The number of nitrogens with one attached hydrogen (secondary N) is 1. The highest BCUT2D eigenvalue weighted by molar-refractivity contribution is 5.77. The smallest absolute Gasteiger partial charge is 0.318 e. The van der Waals surface area contributed by atoms with Crippen molar-refractivity contribution in [3.05, 3.63) is 53.6 Å². The van der Waals surface area contributed by atoms with Crippen molar-refractivity contribution in [3.63, 3.8) is 0 Å².